The Morgan fingerprint density at radius 1 is 1.30 bits per heavy atom. The van der Waals surface area contributed by atoms with Gasteiger partial charge in [-0.1, -0.05) is 24.6 Å². The fourth-order valence-corrected chi connectivity index (χ4v) is 2.40. The highest BCUT2D eigenvalue weighted by Gasteiger charge is 2.15. The highest BCUT2D eigenvalue weighted by atomic mass is 35.5. The van der Waals surface area contributed by atoms with Crippen LogP contribution in [-0.4, -0.2) is 14.9 Å². The molecule has 20 heavy (non-hydrogen) atoms. The molecule has 5 nitrogen and oxygen atoms in total. The van der Waals surface area contributed by atoms with Gasteiger partial charge in [-0.3, -0.25) is 10.1 Å². The van der Waals surface area contributed by atoms with Crippen LogP contribution in [0.4, 0.5) is 5.69 Å². The van der Waals surface area contributed by atoms with Crippen LogP contribution in [0.25, 0.3) is 11.4 Å². The Bertz CT molecular complexity index is 663. The Hall–Kier alpha value is -2.01. The summed E-state index contributed by atoms with van der Waals surface area (Å²) in [6, 6.07) is 4.63. The van der Waals surface area contributed by atoms with Crippen molar-refractivity contribution in [3.8, 4) is 11.4 Å². The lowest BCUT2D eigenvalue weighted by atomic mass is 10.1. The molecule has 2 aromatic rings. The van der Waals surface area contributed by atoms with Crippen molar-refractivity contribution < 1.29 is 4.92 Å². The number of hydrogen-bond acceptors (Lipinski definition) is 4. The van der Waals surface area contributed by atoms with E-state index in [4.69, 9.17) is 11.6 Å². The monoisotopic (exact) mass is 291 g/mol. The van der Waals surface area contributed by atoms with Crippen LogP contribution in [0.15, 0.2) is 18.2 Å². The molecule has 0 aliphatic heterocycles. The smallest absolute Gasteiger partial charge is 0.258 e. The fourth-order valence-electron chi connectivity index (χ4n) is 2.05. The van der Waals surface area contributed by atoms with Crippen molar-refractivity contribution in [2.45, 2.75) is 27.2 Å². The normalized spacial score (nSPS) is 10.6. The Kier molecular flexibility index (Phi) is 3.99. The predicted molar refractivity (Wildman–Crippen MR) is 78.0 cm³/mol. The second-order valence-electron chi connectivity index (χ2n) is 4.51. The van der Waals surface area contributed by atoms with Gasteiger partial charge >= 0.3 is 0 Å². The third-order valence-electron chi connectivity index (χ3n) is 3.19. The van der Waals surface area contributed by atoms with Crippen molar-refractivity contribution in [3.05, 3.63) is 50.3 Å². The highest BCUT2D eigenvalue weighted by molar-refractivity contribution is 6.30. The first kappa shape index (κ1) is 14.4. The number of hydrogen-bond donors (Lipinski definition) is 0. The van der Waals surface area contributed by atoms with Crippen molar-refractivity contribution in [1.29, 1.82) is 0 Å². The molecule has 0 spiro atoms. The third-order valence-corrected chi connectivity index (χ3v) is 3.50. The molecule has 0 fully saturated rings. The number of non-ortho nitro benzene ring substituents is 1. The van der Waals surface area contributed by atoms with Gasteiger partial charge in [-0.05, 0) is 25.8 Å². The predicted octanol–water partition coefficient (Wildman–Crippen LogP) is 3.88. The number of halogens is 1. The van der Waals surface area contributed by atoms with Crippen molar-refractivity contribution in [2.24, 2.45) is 0 Å². The molecule has 1 aromatic carbocycles. The molecule has 0 aliphatic rings. The molecule has 0 radical (unpaired) electrons. The molecular formula is C14H14ClN3O2. The van der Waals surface area contributed by atoms with Gasteiger partial charge in [0.2, 0.25) is 0 Å². The first-order valence-corrected chi connectivity index (χ1v) is 6.60. The van der Waals surface area contributed by atoms with Gasteiger partial charge in [0.25, 0.3) is 5.69 Å². The molecule has 0 unspecified atom stereocenters. The second kappa shape index (κ2) is 5.54. The summed E-state index contributed by atoms with van der Waals surface area (Å²) < 4.78 is 0. The summed E-state index contributed by atoms with van der Waals surface area (Å²) in [7, 11) is 0. The van der Waals surface area contributed by atoms with E-state index in [9.17, 15) is 10.1 Å². The van der Waals surface area contributed by atoms with E-state index in [0.29, 0.717) is 16.5 Å². The quantitative estimate of drug-likeness (QED) is 0.489. The summed E-state index contributed by atoms with van der Waals surface area (Å²) in [4.78, 5) is 19.1. The molecule has 0 bridgehead atoms. The van der Waals surface area contributed by atoms with Crippen LogP contribution in [0.3, 0.4) is 0 Å². The van der Waals surface area contributed by atoms with Gasteiger partial charge in [0.15, 0.2) is 5.82 Å². The van der Waals surface area contributed by atoms with Crippen LogP contribution in [-0.2, 0) is 6.42 Å². The summed E-state index contributed by atoms with van der Waals surface area (Å²) in [6.45, 7) is 5.71. The summed E-state index contributed by atoms with van der Waals surface area (Å²) in [5, 5.41) is 11.3. The molecule has 0 aliphatic carbocycles. The highest BCUT2D eigenvalue weighted by Crippen LogP contribution is 2.28. The van der Waals surface area contributed by atoms with E-state index in [-0.39, 0.29) is 5.69 Å². The Morgan fingerprint density at radius 2 is 2.00 bits per heavy atom. The first-order valence-electron chi connectivity index (χ1n) is 6.22. The van der Waals surface area contributed by atoms with E-state index in [0.717, 1.165) is 23.2 Å². The van der Waals surface area contributed by atoms with Gasteiger partial charge in [-0.15, -0.1) is 0 Å². The molecule has 104 valence electrons. The average molecular weight is 292 g/mol. The molecule has 0 saturated heterocycles. The Labute approximate surface area is 121 Å². The molecule has 2 rings (SSSR count). The SMILES string of the molecule is CCc1c(C)nc(-c2cc([N+](=O)[O-])ccc2C)nc1Cl. The van der Waals surface area contributed by atoms with Crippen molar-refractivity contribution in [3.63, 3.8) is 0 Å². The van der Waals surface area contributed by atoms with E-state index in [1.54, 1.807) is 6.07 Å². The molecule has 1 aromatic heterocycles. The van der Waals surface area contributed by atoms with Crippen LogP contribution in [0.1, 0.15) is 23.7 Å². The lowest BCUT2D eigenvalue weighted by Gasteiger charge is -2.09. The van der Waals surface area contributed by atoms with E-state index >= 15 is 0 Å². The fraction of sp³-hybridized carbons (Fsp3) is 0.286. The Balaban J connectivity index is 2.62. The zero-order valence-corrected chi connectivity index (χ0v) is 12.2. The summed E-state index contributed by atoms with van der Waals surface area (Å²) in [5.74, 6) is 0.422. The third kappa shape index (κ3) is 2.63. The van der Waals surface area contributed by atoms with E-state index in [1.807, 2.05) is 20.8 Å². The summed E-state index contributed by atoms with van der Waals surface area (Å²) in [5.41, 5.74) is 3.22. The van der Waals surface area contributed by atoms with Gasteiger partial charge in [0.1, 0.15) is 5.15 Å². The maximum absolute atomic E-state index is 10.9. The zero-order valence-electron chi connectivity index (χ0n) is 11.5. The van der Waals surface area contributed by atoms with Crippen molar-refractivity contribution >= 4 is 17.3 Å². The lowest BCUT2D eigenvalue weighted by Crippen LogP contribution is -2.00. The van der Waals surface area contributed by atoms with Crippen molar-refractivity contribution in [1.82, 2.24) is 9.97 Å². The minimum atomic E-state index is -0.433. The minimum absolute atomic E-state index is 0.0162. The van der Waals surface area contributed by atoms with E-state index < -0.39 is 4.92 Å². The minimum Gasteiger partial charge on any atom is -0.258 e. The van der Waals surface area contributed by atoms with Crippen LogP contribution in [0.2, 0.25) is 5.15 Å². The molecule has 6 heteroatoms. The number of nitro benzene ring substituents is 1. The Morgan fingerprint density at radius 3 is 2.55 bits per heavy atom. The number of rotatable bonds is 3. The summed E-state index contributed by atoms with van der Waals surface area (Å²) in [6.07, 6.45) is 0.749. The van der Waals surface area contributed by atoms with E-state index in [1.165, 1.54) is 12.1 Å². The number of nitro groups is 1. The maximum atomic E-state index is 10.9. The standard InChI is InChI=1S/C14H14ClN3O2/c1-4-11-9(3)16-14(17-13(11)15)12-7-10(18(19)20)6-5-8(12)2/h5-7H,4H2,1-3H3. The molecule has 0 amide bonds. The molecule has 0 atom stereocenters. The second-order valence-corrected chi connectivity index (χ2v) is 4.87. The number of aromatic nitrogens is 2. The maximum Gasteiger partial charge on any atom is 0.270 e. The van der Waals surface area contributed by atoms with Crippen LogP contribution in [0, 0.1) is 24.0 Å². The lowest BCUT2D eigenvalue weighted by molar-refractivity contribution is -0.384. The van der Waals surface area contributed by atoms with E-state index in [2.05, 4.69) is 9.97 Å². The van der Waals surface area contributed by atoms with Crippen molar-refractivity contribution in [2.75, 3.05) is 0 Å². The average Bonchev–Trinajstić information content (AvgIpc) is 2.38. The first-order chi connectivity index (χ1) is 9.43. The van der Waals surface area contributed by atoms with Crippen LogP contribution < -0.4 is 0 Å². The molecule has 1 heterocycles. The van der Waals surface area contributed by atoms with Crippen LogP contribution >= 0.6 is 11.6 Å². The van der Waals surface area contributed by atoms with Crippen LogP contribution in [0.5, 0.6) is 0 Å². The number of nitrogens with zero attached hydrogens (tertiary/aromatic N) is 3. The largest absolute Gasteiger partial charge is 0.270 e. The van der Waals surface area contributed by atoms with Gasteiger partial charge in [-0.2, -0.15) is 0 Å². The van der Waals surface area contributed by atoms with Gasteiger partial charge in [0, 0.05) is 29.0 Å². The molecule has 0 saturated carbocycles. The van der Waals surface area contributed by atoms with Gasteiger partial charge in [0.05, 0.1) is 4.92 Å². The molecular weight excluding hydrogens is 278 g/mol. The topological polar surface area (TPSA) is 68.9 Å². The molecule has 0 N–H and O–H groups in total. The number of benzene rings is 1. The summed E-state index contributed by atoms with van der Waals surface area (Å²) >= 11 is 6.15. The zero-order chi connectivity index (χ0) is 14.9. The van der Waals surface area contributed by atoms with Gasteiger partial charge in [-0.25, -0.2) is 9.97 Å². The van der Waals surface area contributed by atoms with Gasteiger partial charge < -0.3 is 0 Å². The number of aryl methyl sites for hydroxylation is 2.